The lowest BCUT2D eigenvalue weighted by Gasteiger charge is -2.16. The van der Waals surface area contributed by atoms with Crippen LogP contribution >= 0.6 is 0 Å². The summed E-state index contributed by atoms with van der Waals surface area (Å²) < 4.78 is 1.69. The summed E-state index contributed by atoms with van der Waals surface area (Å²) in [4.78, 5) is 17.9. The maximum atomic E-state index is 12.4. The summed E-state index contributed by atoms with van der Waals surface area (Å²) in [5.74, 6) is -0.248. The first-order chi connectivity index (χ1) is 9.66. The SMILES string of the molecule is O=C(c1cncn1-c1ccccc1)N1CC(O)C(O)C1. The first-order valence-electron chi connectivity index (χ1n) is 6.40. The van der Waals surface area contributed by atoms with Gasteiger partial charge in [-0.05, 0) is 12.1 Å². The molecule has 2 N–H and O–H groups in total. The van der Waals surface area contributed by atoms with Crippen molar-refractivity contribution in [1.29, 1.82) is 0 Å². The van der Waals surface area contributed by atoms with Gasteiger partial charge in [0.25, 0.3) is 5.91 Å². The van der Waals surface area contributed by atoms with Crippen LogP contribution in [0, 0.1) is 0 Å². The molecule has 2 unspecified atom stereocenters. The number of benzene rings is 1. The number of carbonyl (C=O) groups excluding carboxylic acids is 1. The van der Waals surface area contributed by atoms with Gasteiger partial charge in [0.15, 0.2) is 0 Å². The van der Waals surface area contributed by atoms with Gasteiger partial charge in [0, 0.05) is 18.8 Å². The second kappa shape index (κ2) is 5.07. The van der Waals surface area contributed by atoms with Crippen molar-refractivity contribution >= 4 is 5.91 Å². The molecule has 3 rings (SSSR count). The molecule has 0 bridgehead atoms. The minimum atomic E-state index is -0.882. The van der Waals surface area contributed by atoms with E-state index in [-0.39, 0.29) is 19.0 Å². The maximum Gasteiger partial charge on any atom is 0.272 e. The summed E-state index contributed by atoms with van der Waals surface area (Å²) >= 11 is 0. The number of hydrogen-bond donors (Lipinski definition) is 2. The van der Waals surface area contributed by atoms with Crippen LogP contribution in [0.2, 0.25) is 0 Å². The number of rotatable bonds is 2. The molecule has 1 aliphatic heterocycles. The molecule has 2 aromatic rings. The topological polar surface area (TPSA) is 78.6 Å². The van der Waals surface area contributed by atoms with Crippen LogP contribution in [0.1, 0.15) is 10.5 Å². The third kappa shape index (κ3) is 2.19. The molecule has 0 saturated carbocycles. The third-order valence-corrected chi connectivity index (χ3v) is 3.44. The van der Waals surface area contributed by atoms with Gasteiger partial charge >= 0.3 is 0 Å². The van der Waals surface area contributed by atoms with E-state index in [0.717, 1.165) is 5.69 Å². The van der Waals surface area contributed by atoms with Crippen molar-refractivity contribution in [3.8, 4) is 5.69 Å². The fraction of sp³-hybridized carbons (Fsp3) is 0.286. The van der Waals surface area contributed by atoms with Crippen molar-refractivity contribution in [3.05, 3.63) is 48.5 Å². The molecular weight excluding hydrogens is 258 g/mol. The molecule has 6 nitrogen and oxygen atoms in total. The smallest absolute Gasteiger partial charge is 0.272 e. The summed E-state index contributed by atoms with van der Waals surface area (Å²) in [6.45, 7) is 0.278. The molecule has 20 heavy (non-hydrogen) atoms. The number of β-amino-alcohol motifs (C(OH)–C–C–N with tert-alkyl or cyclic N) is 2. The lowest BCUT2D eigenvalue weighted by Crippen LogP contribution is -2.31. The van der Waals surface area contributed by atoms with Crippen molar-refractivity contribution in [1.82, 2.24) is 14.5 Å². The van der Waals surface area contributed by atoms with E-state index < -0.39 is 12.2 Å². The molecule has 0 radical (unpaired) electrons. The average molecular weight is 273 g/mol. The minimum Gasteiger partial charge on any atom is -0.388 e. The number of aliphatic hydroxyl groups excluding tert-OH is 2. The summed E-state index contributed by atoms with van der Waals surface area (Å²) in [5.41, 5.74) is 1.26. The van der Waals surface area contributed by atoms with Gasteiger partial charge in [-0.3, -0.25) is 9.36 Å². The normalized spacial score (nSPS) is 22.2. The predicted molar refractivity (Wildman–Crippen MR) is 71.5 cm³/mol. The molecule has 1 saturated heterocycles. The molecular formula is C14H15N3O3. The Balaban J connectivity index is 1.89. The van der Waals surface area contributed by atoms with Crippen molar-refractivity contribution in [2.24, 2.45) is 0 Å². The van der Waals surface area contributed by atoms with Gasteiger partial charge in [0.2, 0.25) is 0 Å². The number of likely N-dealkylation sites (tertiary alicyclic amines) is 1. The number of aliphatic hydroxyl groups is 2. The lowest BCUT2D eigenvalue weighted by atomic mass is 10.3. The standard InChI is InChI=1S/C14H15N3O3/c18-12-7-16(8-13(12)19)14(20)11-6-15-9-17(11)10-4-2-1-3-5-10/h1-6,9,12-13,18-19H,7-8H2. The second-order valence-electron chi connectivity index (χ2n) is 4.83. The van der Waals surface area contributed by atoms with Crippen LogP contribution in [0.15, 0.2) is 42.9 Å². The highest BCUT2D eigenvalue weighted by Gasteiger charge is 2.34. The van der Waals surface area contributed by atoms with Crippen molar-refractivity contribution < 1.29 is 15.0 Å². The van der Waals surface area contributed by atoms with Crippen molar-refractivity contribution in [3.63, 3.8) is 0 Å². The molecule has 1 aliphatic rings. The predicted octanol–water partition coefficient (Wildman–Crippen LogP) is 0.0499. The van der Waals surface area contributed by atoms with Crippen LogP contribution in [0.3, 0.4) is 0 Å². The van der Waals surface area contributed by atoms with Crippen LogP contribution in [-0.2, 0) is 0 Å². The first-order valence-corrected chi connectivity index (χ1v) is 6.40. The minimum absolute atomic E-state index is 0.139. The summed E-state index contributed by atoms with van der Waals surface area (Å²) in [6.07, 6.45) is 1.30. The van der Waals surface area contributed by atoms with Crippen LogP contribution < -0.4 is 0 Å². The Morgan fingerprint density at radius 2 is 1.80 bits per heavy atom. The van der Waals surface area contributed by atoms with Gasteiger partial charge < -0.3 is 15.1 Å². The fourth-order valence-corrected chi connectivity index (χ4v) is 2.34. The Hall–Kier alpha value is -2.18. The monoisotopic (exact) mass is 273 g/mol. The summed E-state index contributed by atoms with van der Waals surface area (Å²) in [6, 6.07) is 9.42. The number of para-hydroxylation sites is 1. The molecule has 1 aromatic carbocycles. The van der Waals surface area contributed by atoms with Gasteiger partial charge in [0.05, 0.1) is 24.7 Å². The van der Waals surface area contributed by atoms with E-state index in [2.05, 4.69) is 4.98 Å². The second-order valence-corrected chi connectivity index (χ2v) is 4.83. The highest BCUT2D eigenvalue weighted by atomic mass is 16.3. The van der Waals surface area contributed by atoms with Crippen LogP contribution in [-0.4, -0.2) is 55.9 Å². The van der Waals surface area contributed by atoms with E-state index >= 15 is 0 Å². The zero-order chi connectivity index (χ0) is 14.1. The first kappa shape index (κ1) is 12.8. The Labute approximate surface area is 115 Å². The Morgan fingerprint density at radius 1 is 1.15 bits per heavy atom. The molecule has 0 spiro atoms. The number of carbonyl (C=O) groups is 1. The quantitative estimate of drug-likeness (QED) is 0.810. The number of amides is 1. The molecule has 104 valence electrons. The van der Waals surface area contributed by atoms with E-state index in [1.807, 2.05) is 30.3 Å². The van der Waals surface area contributed by atoms with Crippen LogP contribution in [0.5, 0.6) is 0 Å². The van der Waals surface area contributed by atoms with E-state index in [0.29, 0.717) is 5.69 Å². The third-order valence-electron chi connectivity index (χ3n) is 3.44. The molecule has 1 fully saturated rings. The highest BCUT2D eigenvalue weighted by molar-refractivity contribution is 5.93. The fourth-order valence-electron chi connectivity index (χ4n) is 2.34. The van der Waals surface area contributed by atoms with Gasteiger partial charge in [0.1, 0.15) is 5.69 Å². The van der Waals surface area contributed by atoms with Gasteiger partial charge in [-0.25, -0.2) is 4.98 Å². The average Bonchev–Trinajstić information content (AvgIpc) is 3.07. The van der Waals surface area contributed by atoms with Crippen molar-refractivity contribution in [2.45, 2.75) is 12.2 Å². The molecule has 2 heterocycles. The zero-order valence-corrected chi connectivity index (χ0v) is 10.8. The van der Waals surface area contributed by atoms with E-state index in [4.69, 9.17) is 0 Å². The molecule has 6 heteroatoms. The molecule has 2 atom stereocenters. The maximum absolute atomic E-state index is 12.4. The zero-order valence-electron chi connectivity index (χ0n) is 10.8. The van der Waals surface area contributed by atoms with Gasteiger partial charge in [-0.2, -0.15) is 0 Å². The molecule has 1 aromatic heterocycles. The Kier molecular flexibility index (Phi) is 3.25. The highest BCUT2D eigenvalue weighted by Crippen LogP contribution is 2.17. The van der Waals surface area contributed by atoms with Crippen LogP contribution in [0.4, 0.5) is 0 Å². The largest absolute Gasteiger partial charge is 0.388 e. The molecule has 1 amide bonds. The number of hydrogen-bond acceptors (Lipinski definition) is 4. The number of nitrogens with zero attached hydrogens (tertiary/aromatic N) is 3. The Bertz CT molecular complexity index is 601. The van der Waals surface area contributed by atoms with Gasteiger partial charge in [-0.15, -0.1) is 0 Å². The van der Waals surface area contributed by atoms with E-state index in [1.165, 1.54) is 11.1 Å². The van der Waals surface area contributed by atoms with Gasteiger partial charge in [-0.1, -0.05) is 18.2 Å². The van der Waals surface area contributed by atoms with Crippen molar-refractivity contribution in [2.75, 3.05) is 13.1 Å². The Morgan fingerprint density at radius 3 is 2.45 bits per heavy atom. The molecule has 0 aliphatic carbocycles. The van der Waals surface area contributed by atoms with Crippen LogP contribution in [0.25, 0.3) is 5.69 Å². The van der Waals surface area contributed by atoms with E-state index in [1.54, 1.807) is 10.9 Å². The van der Waals surface area contributed by atoms with E-state index in [9.17, 15) is 15.0 Å². The summed E-state index contributed by atoms with van der Waals surface area (Å²) in [7, 11) is 0. The summed E-state index contributed by atoms with van der Waals surface area (Å²) in [5, 5.41) is 19.1. The lowest BCUT2D eigenvalue weighted by molar-refractivity contribution is 0.0572. The number of aromatic nitrogens is 2. The number of imidazole rings is 1.